The molecule has 0 spiro atoms. The second-order valence-electron chi connectivity index (χ2n) is 5.35. The highest BCUT2D eigenvalue weighted by atomic mass is 19.1. The molecule has 1 aromatic carbocycles. The van der Waals surface area contributed by atoms with Gasteiger partial charge in [0.25, 0.3) is 0 Å². The molecule has 1 rings (SSSR count). The van der Waals surface area contributed by atoms with Gasteiger partial charge in [0, 0.05) is 0 Å². The molecule has 0 fully saturated rings. The number of rotatable bonds is 8. The first-order valence-electron chi connectivity index (χ1n) is 7.12. The quantitative estimate of drug-likeness (QED) is 0.726. The molecular weight excluding hydrogens is 241 g/mol. The lowest BCUT2D eigenvalue weighted by atomic mass is 9.89. The Balaban J connectivity index is 2.73. The van der Waals surface area contributed by atoms with Crippen molar-refractivity contribution in [3.05, 3.63) is 29.6 Å². The SMILES string of the molecule is CCCNCC(Cc1cccc(OC)c1F)C(C)C. The van der Waals surface area contributed by atoms with Crippen molar-refractivity contribution in [2.75, 3.05) is 20.2 Å². The first-order chi connectivity index (χ1) is 9.10. The van der Waals surface area contributed by atoms with Crippen LogP contribution in [0.25, 0.3) is 0 Å². The maximum atomic E-state index is 14.1. The van der Waals surface area contributed by atoms with Crippen molar-refractivity contribution in [3.63, 3.8) is 0 Å². The zero-order chi connectivity index (χ0) is 14.3. The van der Waals surface area contributed by atoms with Gasteiger partial charge in [0.05, 0.1) is 7.11 Å². The Hall–Kier alpha value is -1.09. The van der Waals surface area contributed by atoms with Crippen LogP contribution in [0.3, 0.4) is 0 Å². The Morgan fingerprint density at radius 2 is 2.05 bits per heavy atom. The maximum Gasteiger partial charge on any atom is 0.168 e. The van der Waals surface area contributed by atoms with E-state index in [1.54, 1.807) is 6.07 Å². The molecule has 0 saturated heterocycles. The predicted octanol–water partition coefficient (Wildman–Crippen LogP) is 3.65. The second-order valence-corrected chi connectivity index (χ2v) is 5.35. The van der Waals surface area contributed by atoms with Crippen LogP contribution in [0.2, 0.25) is 0 Å². The van der Waals surface area contributed by atoms with Crippen molar-refractivity contribution in [3.8, 4) is 5.75 Å². The highest BCUT2D eigenvalue weighted by molar-refractivity contribution is 5.31. The maximum absolute atomic E-state index is 14.1. The summed E-state index contributed by atoms with van der Waals surface area (Å²) in [5.74, 6) is 1.08. The molecule has 1 aromatic rings. The lowest BCUT2D eigenvalue weighted by molar-refractivity contribution is 0.349. The van der Waals surface area contributed by atoms with Gasteiger partial charge >= 0.3 is 0 Å². The van der Waals surface area contributed by atoms with Crippen molar-refractivity contribution >= 4 is 0 Å². The van der Waals surface area contributed by atoms with Crippen molar-refractivity contribution in [2.45, 2.75) is 33.6 Å². The highest BCUT2D eigenvalue weighted by Crippen LogP contribution is 2.24. The van der Waals surface area contributed by atoms with Crippen LogP contribution in [0.1, 0.15) is 32.8 Å². The predicted molar refractivity (Wildman–Crippen MR) is 78.1 cm³/mol. The molecule has 1 unspecified atom stereocenters. The lowest BCUT2D eigenvalue weighted by Crippen LogP contribution is -2.28. The number of hydrogen-bond acceptors (Lipinski definition) is 2. The first-order valence-corrected chi connectivity index (χ1v) is 7.12. The summed E-state index contributed by atoms with van der Waals surface area (Å²) in [5, 5.41) is 3.43. The molecule has 108 valence electrons. The average molecular weight is 267 g/mol. The molecule has 1 N–H and O–H groups in total. The Bertz CT molecular complexity index is 379. The molecule has 0 aromatic heterocycles. The molecule has 0 aliphatic carbocycles. The molecular formula is C16H26FNO. The number of ether oxygens (including phenoxy) is 1. The zero-order valence-electron chi connectivity index (χ0n) is 12.5. The Morgan fingerprint density at radius 1 is 1.32 bits per heavy atom. The van der Waals surface area contributed by atoms with Gasteiger partial charge in [-0.05, 0) is 49.4 Å². The standard InChI is InChI=1S/C16H26FNO/c1-5-9-18-11-14(12(2)3)10-13-7-6-8-15(19-4)16(13)17/h6-8,12,14,18H,5,9-11H2,1-4H3. The van der Waals surface area contributed by atoms with E-state index in [1.807, 2.05) is 12.1 Å². The highest BCUT2D eigenvalue weighted by Gasteiger charge is 2.17. The fourth-order valence-electron chi connectivity index (χ4n) is 2.16. The van der Waals surface area contributed by atoms with E-state index >= 15 is 0 Å². The summed E-state index contributed by atoms with van der Waals surface area (Å²) < 4.78 is 19.2. The van der Waals surface area contributed by atoms with E-state index in [-0.39, 0.29) is 5.82 Å². The molecule has 0 heterocycles. The Morgan fingerprint density at radius 3 is 2.63 bits per heavy atom. The van der Waals surface area contributed by atoms with Crippen LogP contribution in [0.15, 0.2) is 18.2 Å². The Kier molecular flexibility index (Phi) is 6.85. The molecule has 2 nitrogen and oxygen atoms in total. The van der Waals surface area contributed by atoms with Crippen LogP contribution in [0.5, 0.6) is 5.75 Å². The summed E-state index contributed by atoms with van der Waals surface area (Å²) in [4.78, 5) is 0. The number of nitrogens with one attached hydrogen (secondary N) is 1. The first kappa shape index (κ1) is 16.0. The molecule has 0 bridgehead atoms. The summed E-state index contributed by atoms with van der Waals surface area (Å²) in [7, 11) is 1.50. The van der Waals surface area contributed by atoms with Crippen molar-refractivity contribution in [1.82, 2.24) is 5.32 Å². The van der Waals surface area contributed by atoms with Crippen LogP contribution < -0.4 is 10.1 Å². The van der Waals surface area contributed by atoms with E-state index in [4.69, 9.17) is 4.74 Å². The summed E-state index contributed by atoms with van der Waals surface area (Å²) in [6.45, 7) is 8.48. The molecule has 3 heteroatoms. The molecule has 1 atom stereocenters. The Labute approximate surface area is 116 Å². The number of halogens is 1. The van der Waals surface area contributed by atoms with E-state index in [0.29, 0.717) is 17.6 Å². The lowest BCUT2D eigenvalue weighted by Gasteiger charge is -2.22. The van der Waals surface area contributed by atoms with Gasteiger partial charge in [-0.2, -0.15) is 0 Å². The minimum absolute atomic E-state index is 0.217. The van der Waals surface area contributed by atoms with Gasteiger partial charge in [-0.15, -0.1) is 0 Å². The van der Waals surface area contributed by atoms with E-state index in [0.717, 1.165) is 31.5 Å². The fourth-order valence-corrected chi connectivity index (χ4v) is 2.16. The van der Waals surface area contributed by atoms with E-state index in [9.17, 15) is 4.39 Å². The van der Waals surface area contributed by atoms with E-state index in [1.165, 1.54) is 7.11 Å². The molecule has 0 radical (unpaired) electrons. The summed E-state index contributed by atoms with van der Waals surface area (Å²) in [6, 6.07) is 5.37. The summed E-state index contributed by atoms with van der Waals surface area (Å²) in [5.41, 5.74) is 0.747. The van der Waals surface area contributed by atoms with Crippen molar-refractivity contribution in [1.29, 1.82) is 0 Å². The fraction of sp³-hybridized carbons (Fsp3) is 0.625. The zero-order valence-corrected chi connectivity index (χ0v) is 12.5. The normalized spacial score (nSPS) is 12.7. The number of hydrogen-bond donors (Lipinski definition) is 1. The minimum Gasteiger partial charge on any atom is -0.494 e. The van der Waals surface area contributed by atoms with Crippen molar-refractivity contribution < 1.29 is 9.13 Å². The number of methoxy groups -OCH3 is 1. The van der Waals surface area contributed by atoms with E-state index < -0.39 is 0 Å². The van der Waals surface area contributed by atoms with Gasteiger partial charge in [-0.1, -0.05) is 32.9 Å². The van der Waals surface area contributed by atoms with Gasteiger partial charge in [-0.25, -0.2) is 4.39 Å². The largest absolute Gasteiger partial charge is 0.494 e. The molecule has 19 heavy (non-hydrogen) atoms. The minimum atomic E-state index is -0.217. The topological polar surface area (TPSA) is 21.3 Å². The number of benzene rings is 1. The smallest absolute Gasteiger partial charge is 0.168 e. The van der Waals surface area contributed by atoms with Gasteiger partial charge in [-0.3, -0.25) is 0 Å². The summed E-state index contributed by atoms with van der Waals surface area (Å²) in [6.07, 6.45) is 1.87. The van der Waals surface area contributed by atoms with Crippen LogP contribution >= 0.6 is 0 Å². The van der Waals surface area contributed by atoms with Gasteiger partial charge in [0.2, 0.25) is 0 Å². The van der Waals surface area contributed by atoms with E-state index in [2.05, 4.69) is 26.1 Å². The van der Waals surface area contributed by atoms with Crippen LogP contribution in [0, 0.1) is 17.7 Å². The molecule has 0 aliphatic rings. The summed E-state index contributed by atoms with van der Waals surface area (Å²) >= 11 is 0. The van der Waals surface area contributed by atoms with Crippen LogP contribution in [-0.4, -0.2) is 20.2 Å². The van der Waals surface area contributed by atoms with Crippen LogP contribution in [0.4, 0.5) is 4.39 Å². The van der Waals surface area contributed by atoms with Gasteiger partial charge < -0.3 is 10.1 Å². The van der Waals surface area contributed by atoms with Crippen molar-refractivity contribution in [2.24, 2.45) is 11.8 Å². The van der Waals surface area contributed by atoms with Gasteiger partial charge in [0.15, 0.2) is 11.6 Å². The molecule has 0 saturated carbocycles. The monoisotopic (exact) mass is 267 g/mol. The van der Waals surface area contributed by atoms with Crippen LogP contribution in [-0.2, 0) is 6.42 Å². The molecule has 0 aliphatic heterocycles. The second kappa shape index (κ2) is 8.16. The third kappa shape index (κ3) is 4.83. The average Bonchev–Trinajstić information content (AvgIpc) is 2.39. The third-order valence-electron chi connectivity index (χ3n) is 3.52. The molecule has 0 amide bonds. The third-order valence-corrected chi connectivity index (χ3v) is 3.52. The van der Waals surface area contributed by atoms with Gasteiger partial charge in [0.1, 0.15) is 0 Å².